The fourth-order valence-corrected chi connectivity index (χ4v) is 3.97. The van der Waals surface area contributed by atoms with E-state index in [1.165, 1.54) is 19.1 Å². The van der Waals surface area contributed by atoms with Crippen molar-refractivity contribution in [2.75, 3.05) is 26.5 Å². The molecule has 1 saturated heterocycles. The zero-order chi connectivity index (χ0) is 17.2. The van der Waals surface area contributed by atoms with Crippen LogP contribution in [0.25, 0.3) is 11.3 Å². The van der Waals surface area contributed by atoms with Crippen LogP contribution in [0.1, 0.15) is 18.4 Å². The Hall–Kier alpha value is -1.92. The van der Waals surface area contributed by atoms with Gasteiger partial charge in [-0.05, 0) is 55.8 Å². The van der Waals surface area contributed by atoms with Crippen molar-refractivity contribution in [2.45, 2.75) is 24.3 Å². The molecule has 1 aliphatic heterocycles. The average Bonchev–Trinajstić information content (AvgIpc) is 3.07. The lowest BCUT2D eigenvalue weighted by atomic mass is 10.1. The van der Waals surface area contributed by atoms with Crippen molar-refractivity contribution in [1.82, 2.24) is 9.88 Å². The van der Waals surface area contributed by atoms with Crippen LogP contribution in [0.4, 0.5) is 0 Å². The third-order valence-corrected chi connectivity index (χ3v) is 5.42. The van der Waals surface area contributed by atoms with Crippen molar-refractivity contribution in [3.05, 3.63) is 42.1 Å². The molecule has 128 valence electrons. The Kier molecular flexibility index (Phi) is 4.87. The number of hydrogen-bond donors (Lipinski definition) is 0. The van der Waals surface area contributed by atoms with Gasteiger partial charge in [0.05, 0.1) is 17.7 Å². The molecule has 0 radical (unpaired) electrons. The highest BCUT2D eigenvalue weighted by molar-refractivity contribution is 7.90. The van der Waals surface area contributed by atoms with Crippen LogP contribution < -0.4 is 4.74 Å². The summed E-state index contributed by atoms with van der Waals surface area (Å²) in [6.45, 7) is 3.08. The van der Waals surface area contributed by atoms with Gasteiger partial charge in [-0.3, -0.25) is 9.88 Å². The maximum Gasteiger partial charge on any atom is 0.177 e. The summed E-state index contributed by atoms with van der Waals surface area (Å²) in [6, 6.07) is 9.14. The second kappa shape index (κ2) is 6.91. The third kappa shape index (κ3) is 3.60. The fourth-order valence-electron chi connectivity index (χ4n) is 3.13. The molecule has 2 aromatic rings. The first-order valence-corrected chi connectivity index (χ1v) is 9.93. The number of ether oxygens (including phenoxy) is 1. The molecule has 6 heteroatoms. The smallest absolute Gasteiger partial charge is 0.177 e. The van der Waals surface area contributed by atoms with Crippen LogP contribution in [0.15, 0.2) is 41.4 Å². The molecule has 5 nitrogen and oxygen atoms in total. The second-order valence-electron chi connectivity index (χ2n) is 6.14. The number of pyridine rings is 1. The number of nitrogens with zero attached hydrogens (tertiary/aromatic N) is 2. The van der Waals surface area contributed by atoms with E-state index in [0.29, 0.717) is 11.4 Å². The van der Waals surface area contributed by atoms with Crippen LogP contribution in [0, 0.1) is 0 Å². The van der Waals surface area contributed by atoms with Crippen LogP contribution in [-0.2, 0) is 16.4 Å². The van der Waals surface area contributed by atoms with E-state index < -0.39 is 9.84 Å². The molecule has 1 aromatic carbocycles. The molecule has 0 bridgehead atoms. The lowest BCUT2D eigenvalue weighted by Gasteiger charge is -2.17. The molecular weight excluding hydrogens is 324 g/mol. The number of benzene rings is 1. The minimum atomic E-state index is -3.37. The van der Waals surface area contributed by atoms with Crippen LogP contribution in [-0.4, -0.2) is 44.8 Å². The minimum Gasteiger partial charge on any atom is -0.496 e. The maximum atomic E-state index is 12.1. The van der Waals surface area contributed by atoms with Gasteiger partial charge in [0.1, 0.15) is 5.75 Å². The number of aromatic nitrogens is 1. The minimum absolute atomic E-state index is 0.224. The summed E-state index contributed by atoms with van der Waals surface area (Å²) >= 11 is 0. The van der Waals surface area contributed by atoms with E-state index >= 15 is 0 Å². The van der Waals surface area contributed by atoms with E-state index in [9.17, 15) is 8.42 Å². The number of hydrogen-bond acceptors (Lipinski definition) is 5. The summed E-state index contributed by atoms with van der Waals surface area (Å²) in [5.74, 6) is 0.628. The monoisotopic (exact) mass is 346 g/mol. The van der Waals surface area contributed by atoms with Gasteiger partial charge in [-0.2, -0.15) is 0 Å². The van der Waals surface area contributed by atoms with E-state index in [4.69, 9.17) is 4.74 Å². The highest BCUT2D eigenvalue weighted by Crippen LogP contribution is 2.34. The zero-order valence-electron chi connectivity index (χ0n) is 14.0. The van der Waals surface area contributed by atoms with Gasteiger partial charge >= 0.3 is 0 Å². The van der Waals surface area contributed by atoms with E-state index in [0.717, 1.165) is 30.8 Å². The fraction of sp³-hybridized carbons (Fsp3) is 0.389. The van der Waals surface area contributed by atoms with Crippen LogP contribution >= 0.6 is 0 Å². The molecule has 0 saturated carbocycles. The molecule has 0 spiro atoms. The lowest BCUT2D eigenvalue weighted by molar-refractivity contribution is 0.331. The Morgan fingerprint density at radius 2 is 1.96 bits per heavy atom. The molecule has 1 aromatic heterocycles. The van der Waals surface area contributed by atoms with Crippen molar-refractivity contribution in [3.63, 3.8) is 0 Å². The molecule has 0 N–H and O–H groups in total. The Labute approximate surface area is 143 Å². The Morgan fingerprint density at radius 3 is 2.62 bits per heavy atom. The summed E-state index contributed by atoms with van der Waals surface area (Å²) in [6.07, 6.45) is 5.29. The first kappa shape index (κ1) is 16.9. The summed E-state index contributed by atoms with van der Waals surface area (Å²) in [4.78, 5) is 6.95. The highest BCUT2D eigenvalue weighted by Gasteiger charge is 2.19. The highest BCUT2D eigenvalue weighted by atomic mass is 32.2. The van der Waals surface area contributed by atoms with Crippen LogP contribution in [0.3, 0.4) is 0 Å². The van der Waals surface area contributed by atoms with Gasteiger partial charge in [0.2, 0.25) is 0 Å². The summed E-state index contributed by atoms with van der Waals surface area (Å²) in [5.41, 5.74) is 2.30. The Balaban J connectivity index is 2.06. The Morgan fingerprint density at radius 1 is 1.21 bits per heavy atom. The van der Waals surface area contributed by atoms with Gasteiger partial charge in [0.15, 0.2) is 9.84 Å². The van der Waals surface area contributed by atoms with E-state index in [1.54, 1.807) is 25.4 Å². The number of rotatable bonds is 5. The molecule has 0 amide bonds. The second-order valence-corrected chi connectivity index (χ2v) is 8.12. The van der Waals surface area contributed by atoms with Crippen molar-refractivity contribution >= 4 is 9.84 Å². The number of likely N-dealkylation sites (tertiary alicyclic amines) is 1. The van der Waals surface area contributed by atoms with Gasteiger partial charge in [-0.25, -0.2) is 8.42 Å². The third-order valence-electron chi connectivity index (χ3n) is 4.29. The summed E-state index contributed by atoms with van der Waals surface area (Å²) < 4.78 is 29.6. The lowest BCUT2D eigenvalue weighted by Crippen LogP contribution is -2.18. The molecular formula is C18H22N2O3S. The van der Waals surface area contributed by atoms with Crippen LogP contribution in [0.2, 0.25) is 0 Å². The van der Waals surface area contributed by atoms with Gasteiger partial charge in [0.25, 0.3) is 0 Å². The van der Waals surface area contributed by atoms with Crippen LogP contribution in [0.5, 0.6) is 5.75 Å². The predicted molar refractivity (Wildman–Crippen MR) is 93.8 cm³/mol. The van der Waals surface area contributed by atoms with Crippen molar-refractivity contribution in [2.24, 2.45) is 0 Å². The van der Waals surface area contributed by atoms with E-state index in [2.05, 4.69) is 9.88 Å². The van der Waals surface area contributed by atoms with Crippen molar-refractivity contribution in [3.8, 4) is 17.0 Å². The standard InChI is InChI=1S/C18H22N2O3S/c1-23-16-8-7-14(13-20-10-3-4-11-20)12-15(16)18-17(24(2,21)22)6-5-9-19-18/h5-9,12H,3-4,10-11,13H2,1-2H3. The van der Waals surface area contributed by atoms with Gasteiger partial charge in [-0.15, -0.1) is 0 Å². The Bertz CT molecular complexity index is 828. The molecule has 24 heavy (non-hydrogen) atoms. The van der Waals surface area contributed by atoms with Crippen molar-refractivity contribution < 1.29 is 13.2 Å². The van der Waals surface area contributed by atoms with Gasteiger partial charge in [-0.1, -0.05) is 6.07 Å². The molecule has 0 aliphatic carbocycles. The SMILES string of the molecule is COc1ccc(CN2CCCC2)cc1-c1ncccc1S(C)(=O)=O. The topological polar surface area (TPSA) is 59.5 Å². The largest absolute Gasteiger partial charge is 0.496 e. The predicted octanol–water partition coefficient (Wildman–Crippen LogP) is 2.76. The van der Waals surface area contributed by atoms with Gasteiger partial charge < -0.3 is 4.74 Å². The molecule has 2 heterocycles. The molecule has 0 unspecified atom stereocenters. The number of sulfone groups is 1. The summed E-state index contributed by atoms with van der Waals surface area (Å²) in [5, 5.41) is 0. The first-order valence-electron chi connectivity index (χ1n) is 8.04. The first-order chi connectivity index (χ1) is 11.5. The summed E-state index contributed by atoms with van der Waals surface area (Å²) in [7, 11) is -1.78. The molecule has 1 fully saturated rings. The average molecular weight is 346 g/mol. The number of methoxy groups -OCH3 is 1. The van der Waals surface area contributed by atoms with E-state index in [1.807, 2.05) is 18.2 Å². The molecule has 0 atom stereocenters. The van der Waals surface area contributed by atoms with E-state index in [-0.39, 0.29) is 4.90 Å². The van der Waals surface area contributed by atoms with Crippen molar-refractivity contribution in [1.29, 1.82) is 0 Å². The quantitative estimate of drug-likeness (QED) is 0.833. The normalized spacial score (nSPS) is 15.6. The maximum absolute atomic E-state index is 12.1. The van der Waals surface area contributed by atoms with Gasteiger partial charge in [0, 0.05) is 24.6 Å². The molecule has 1 aliphatic rings. The molecule has 3 rings (SSSR count). The zero-order valence-corrected chi connectivity index (χ0v) is 14.8.